The van der Waals surface area contributed by atoms with E-state index in [0.29, 0.717) is 25.7 Å². The first-order valence-corrected chi connectivity index (χ1v) is 6.50. The molecule has 0 aromatic rings. The predicted molar refractivity (Wildman–Crippen MR) is 51.6 cm³/mol. The second-order valence-electron chi connectivity index (χ2n) is 3.67. The molecule has 14 heavy (non-hydrogen) atoms. The summed E-state index contributed by atoms with van der Waals surface area (Å²) in [4.78, 5) is 10.4. The molecule has 1 amide bonds. The van der Waals surface area contributed by atoms with Gasteiger partial charge in [0.2, 0.25) is 0 Å². The summed E-state index contributed by atoms with van der Waals surface area (Å²) >= 11 is 0. The quantitative estimate of drug-likeness (QED) is 0.733. The number of hydrogen-bond acceptors (Lipinski definition) is 4. The summed E-state index contributed by atoms with van der Waals surface area (Å²) in [5, 5.41) is -0.282. The van der Waals surface area contributed by atoms with Gasteiger partial charge in [0.05, 0.1) is 5.25 Å². The van der Waals surface area contributed by atoms with Gasteiger partial charge in [-0.1, -0.05) is 0 Å². The Kier molecular flexibility index (Phi) is 3.36. The normalized spacial score (nSPS) is 28.4. The molecule has 0 unspecified atom stereocenters. The Balaban J connectivity index is 2.43. The molecule has 82 valence electrons. The molecule has 6 heteroatoms. The van der Waals surface area contributed by atoms with Crippen molar-refractivity contribution in [3.63, 3.8) is 0 Å². The number of rotatable bonds is 2. The highest BCUT2D eigenvalue weighted by atomic mass is 32.2. The lowest BCUT2D eigenvalue weighted by Crippen LogP contribution is -2.32. The Labute approximate surface area is 83.5 Å². The van der Waals surface area contributed by atoms with Crippen molar-refractivity contribution in [3.8, 4) is 0 Å². The van der Waals surface area contributed by atoms with Gasteiger partial charge in [-0.3, -0.25) is 0 Å². The maximum Gasteiger partial charge on any atom is 0.404 e. The van der Waals surface area contributed by atoms with Crippen LogP contribution in [0.15, 0.2) is 0 Å². The van der Waals surface area contributed by atoms with E-state index in [-0.39, 0.29) is 11.4 Å². The lowest BCUT2D eigenvalue weighted by Gasteiger charge is -2.26. The Morgan fingerprint density at radius 2 is 1.79 bits per heavy atom. The van der Waals surface area contributed by atoms with E-state index in [1.807, 2.05) is 0 Å². The molecule has 0 heterocycles. The van der Waals surface area contributed by atoms with Crippen LogP contribution in [-0.2, 0) is 14.6 Å². The van der Waals surface area contributed by atoms with Crippen molar-refractivity contribution < 1.29 is 17.9 Å². The summed E-state index contributed by atoms with van der Waals surface area (Å²) in [6.45, 7) is 0. The highest BCUT2D eigenvalue weighted by molar-refractivity contribution is 7.91. The van der Waals surface area contributed by atoms with Crippen LogP contribution in [0.25, 0.3) is 0 Å². The van der Waals surface area contributed by atoms with Gasteiger partial charge in [0, 0.05) is 6.26 Å². The van der Waals surface area contributed by atoms with Crippen molar-refractivity contribution in [1.82, 2.24) is 0 Å². The molecule has 0 radical (unpaired) electrons. The van der Waals surface area contributed by atoms with E-state index in [9.17, 15) is 13.2 Å². The third kappa shape index (κ3) is 3.17. The van der Waals surface area contributed by atoms with E-state index in [0.717, 1.165) is 0 Å². The first-order valence-electron chi connectivity index (χ1n) is 4.54. The van der Waals surface area contributed by atoms with Gasteiger partial charge in [-0.25, -0.2) is 13.2 Å². The summed E-state index contributed by atoms with van der Waals surface area (Å²) < 4.78 is 27.2. The summed E-state index contributed by atoms with van der Waals surface area (Å²) in [6.07, 6.45) is 2.53. The van der Waals surface area contributed by atoms with Gasteiger partial charge < -0.3 is 10.5 Å². The number of primary amides is 1. The minimum Gasteiger partial charge on any atom is -0.446 e. The van der Waals surface area contributed by atoms with Crippen LogP contribution in [0, 0.1) is 0 Å². The van der Waals surface area contributed by atoms with Crippen molar-refractivity contribution in [2.45, 2.75) is 37.0 Å². The summed E-state index contributed by atoms with van der Waals surface area (Å²) in [5.74, 6) is 0. The summed E-state index contributed by atoms with van der Waals surface area (Å²) in [5.41, 5.74) is 4.86. The summed E-state index contributed by atoms with van der Waals surface area (Å²) in [7, 11) is -2.95. The predicted octanol–water partition coefficient (Wildman–Crippen LogP) is 0.438. The molecule has 0 atom stereocenters. The van der Waals surface area contributed by atoms with Crippen molar-refractivity contribution in [3.05, 3.63) is 0 Å². The van der Waals surface area contributed by atoms with Crippen LogP contribution >= 0.6 is 0 Å². The van der Waals surface area contributed by atoms with E-state index in [1.54, 1.807) is 0 Å². The second-order valence-corrected chi connectivity index (χ2v) is 5.99. The molecule has 0 aliphatic heterocycles. The molecule has 2 N–H and O–H groups in total. The molecular weight excluding hydrogens is 206 g/mol. The molecule has 0 saturated heterocycles. The molecule has 1 saturated carbocycles. The van der Waals surface area contributed by atoms with Crippen molar-refractivity contribution >= 4 is 15.9 Å². The Hall–Kier alpha value is -0.780. The molecule has 1 fully saturated rings. The van der Waals surface area contributed by atoms with Crippen LogP contribution in [0.2, 0.25) is 0 Å². The summed E-state index contributed by atoms with van der Waals surface area (Å²) in [6, 6.07) is 0. The van der Waals surface area contributed by atoms with Crippen LogP contribution in [0.4, 0.5) is 4.79 Å². The first-order chi connectivity index (χ1) is 6.39. The zero-order valence-electron chi connectivity index (χ0n) is 8.10. The van der Waals surface area contributed by atoms with E-state index >= 15 is 0 Å². The average Bonchev–Trinajstić information content (AvgIpc) is 2.02. The zero-order valence-corrected chi connectivity index (χ0v) is 8.92. The standard InChI is InChI=1S/C8H15NO4S/c1-14(11,12)7-4-2-6(3-5-7)13-8(9)10/h6-7H,2-5H2,1H3,(H2,9,10). The number of hydrogen-bond donors (Lipinski definition) is 1. The highest BCUT2D eigenvalue weighted by Gasteiger charge is 2.29. The van der Waals surface area contributed by atoms with Gasteiger partial charge in [-0.15, -0.1) is 0 Å². The van der Waals surface area contributed by atoms with Crippen LogP contribution in [0.1, 0.15) is 25.7 Å². The minimum absolute atomic E-state index is 0.203. The monoisotopic (exact) mass is 221 g/mol. The lowest BCUT2D eigenvalue weighted by atomic mass is 9.97. The van der Waals surface area contributed by atoms with Gasteiger partial charge in [0.15, 0.2) is 0 Å². The third-order valence-electron chi connectivity index (χ3n) is 2.51. The maximum absolute atomic E-state index is 11.2. The second kappa shape index (κ2) is 4.16. The molecule has 1 aliphatic rings. The molecular formula is C8H15NO4S. The number of nitrogens with two attached hydrogens (primary N) is 1. The highest BCUT2D eigenvalue weighted by Crippen LogP contribution is 2.25. The first kappa shape index (κ1) is 11.3. The van der Waals surface area contributed by atoms with Crippen LogP contribution in [0.3, 0.4) is 0 Å². The zero-order chi connectivity index (χ0) is 10.8. The number of carbonyl (C=O) groups is 1. The Morgan fingerprint density at radius 1 is 1.29 bits per heavy atom. The SMILES string of the molecule is CS(=O)(=O)C1CCC(OC(N)=O)CC1. The van der Waals surface area contributed by atoms with Gasteiger partial charge in [0.1, 0.15) is 15.9 Å². The van der Waals surface area contributed by atoms with E-state index in [2.05, 4.69) is 0 Å². The van der Waals surface area contributed by atoms with Crippen LogP contribution in [0.5, 0.6) is 0 Å². The van der Waals surface area contributed by atoms with Gasteiger partial charge in [0.25, 0.3) is 0 Å². The van der Waals surface area contributed by atoms with E-state index < -0.39 is 15.9 Å². The molecule has 0 spiro atoms. The number of carbonyl (C=O) groups excluding carboxylic acids is 1. The fourth-order valence-electron chi connectivity index (χ4n) is 1.74. The fraction of sp³-hybridized carbons (Fsp3) is 0.875. The van der Waals surface area contributed by atoms with Gasteiger partial charge >= 0.3 is 6.09 Å². The lowest BCUT2D eigenvalue weighted by molar-refractivity contribution is 0.0835. The van der Waals surface area contributed by atoms with E-state index in [4.69, 9.17) is 10.5 Å². The van der Waals surface area contributed by atoms with Crippen molar-refractivity contribution in [2.75, 3.05) is 6.26 Å². The minimum atomic E-state index is -2.95. The average molecular weight is 221 g/mol. The van der Waals surface area contributed by atoms with Crippen LogP contribution < -0.4 is 5.73 Å². The molecule has 0 bridgehead atoms. The van der Waals surface area contributed by atoms with E-state index in [1.165, 1.54) is 6.26 Å². The van der Waals surface area contributed by atoms with Crippen LogP contribution in [-0.4, -0.2) is 32.1 Å². The molecule has 1 rings (SSSR count). The fourth-order valence-corrected chi connectivity index (χ4v) is 2.87. The largest absolute Gasteiger partial charge is 0.446 e. The van der Waals surface area contributed by atoms with Crippen molar-refractivity contribution in [1.29, 1.82) is 0 Å². The van der Waals surface area contributed by atoms with Crippen molar-refractivity contribution in [2.24, 2.45) is 5.73 Å². The Morgan fingerprint density at radius 3 is 2.14 bits per heavy atom. The topological polar surface area (TPSA) is 86.5 Å². The number of amides is 1. The Bertz CT molecular complexity index is 303. The number of ether oxygens (including phenoxy) is 1. The molecule has 0 aromatic heterocycles. The molecule has 0 aromatic carbocycles. The smallest absolute Gasteiger partial charge is 0.404 e. The molecule has 5 nitrogen and oxygen atoms in total. The molecule has 1 aliphatic carbocycles. The van der Waals surface area contributed by atoms with Gasteiger partial charge in [-0.05, 0) is 25.7 Å². The number of sulfone groups is 1. The van der Waals surface area contributed by atoms with Gasteiger partial charge in [-0.2, -0.15) is 0 Å². The maximum atomic E-state index is 11.2. The third-order valence-corrected chi connectivity index (χ3v) is 4.19.